The molecule has 3 rings (SSSR count). The molecule has 0 bridgehead atoms. The van der Waals surface area contributed by atoms with Crippen LogP contribution in [0.25, 0.3) is 0 Å². The van der Waals surface area contributed by atoms with Crippen molar-refractivity contribution in [3.8, 4) is 5.88 Å². The second-order valence-corrected chi connectivity index (χ2v) is 7.76. The van der Waals surface area contributed by atoms with E-state index in [9.17, 15) is 9.90 Å². The zero-order valence-corrected chi connectivity index (χ0v) is 16.5. The average Bonchev–Trinajstić information content (AvgIpc) is 2.64. The Morgan fingerprint density at radius 2 is 2.22 bits per heavy atom. The molecule has 2 unspecified atom stereocenters. The van der Waals surface area contributed by atoms with E-state index in [1.165, 1.54) is 12.8 Å². The van der Waals surface area contributed by atoms with Crippen molar-refractivity contribution in [1.29, 1.82) is 0 Å². The SMILES string of the molecule is Cc1ccc2c(n1)OC(=O)C(CCCC(CCO)=NC1CCCCN1C)C2. The predicted molar refractivity (Wildman–Crippen MR) is 105 cm³/mol. The van der Waals surface area contributed by atoms with E-state index in [1.807, 2.05) is 19.1 Å². The minimum atomic E-state index is -0.173. The first-order chi connectivity index (χ1) is 13.1. The number of carbonyl (C=O) groups excluding carboxylic acids is 1. The third kappa shape index (κ3) is 5.36. The summed E-state index contributed by atoms with van der Waals surface area (Å²) in [4.78, 5) is 23.8. The van der Waals surface area contributed by atoms with Crippen LogP contribution in [-0.4, -0.2) is 53.0 Å². The molecule has 0 amide bonds. The van der Waals surface area contributed by atoms with Gasteiger partial charge in [0.2, 0.25) is 5.88 Å². The van der Waals surface area contributed by atoms with Gasteiger partial charge < -0.3 is 9.84 Å². The van der Waals surface area contributed by atoms with Gasteiger partial charge in [-0.15, -0.1) is 0 Å². The Balaban J connectivity index is 1.55. The number of aliphatic imine (C=N–C) groups is 1. The van der Waals surface area contributed by atoms with Crippen molar-refractivity contribution >= 4 is 11.7 Å². The molecule has 2 aliphatic heterocycles. The van der Waals surface area contributed by atoms with E-state index in [0.717, 1.165) is 49.2 Å². The number of aromatic nitrogens is 1. The van der Waals surface area contributed by atoms with E-state index in [4.69, 9.17) is 9.73 Å². The summed E-state index contributed by atoms with van der Waals surface area (Å²) >= 11 is 0. The topological polar surface area (TPSA) is 75.0 Å². The molecule has 0 radical (unpaired) electrons. The molecule has 0 spiro atoms. The minimum absolute atomic E-state index is 0.116. The summed E-state index contributed by atoms with van der Waals surface area (Å²) in [5.74, 6) is 0.183. The van der Waals surface area contributed by atoms with Crippen LogP contribution in [0.4, 0.5) is 0 Å². The number of likely N-dealkylation sites (tertiary alicyclic amines) is 1. The zero-order valence-electron chi connectivity index (χ0n) is 16.5. The summed E-state index contributed by atoms with van der Waals surface area (Å²) in [6.07, 6.45) is 7.56. The van der Waals surface area contributed by atoms with Crippen molar-refractivity contribution in [2.24, 2.45) is 10.9 Å². The van der Waals surface area contributed by atoms with E-state index in [2.05, 4.69) is 16.9 Å². The molecule has 1 saturated heterocycles. The van der Waals surface area contributed by atoms with Crippen molar-refractivity contribution in [1.82, 2.24) is 9.88 Å². The molecule has 2 atom stereocenters. The van der Waals surface area contributed by atoms with Crippen LogP contribution in [0.15, 0.2) is 17.1 Å². The molecule has 2 aliphatic rings. The van der Waals surface area contributed by atoms with Gasteiger partial charge in [-0.05, 0) is 71.5 Å². The number of ether oxygens (including phenoxy) is 1. The highest BCUT2D eigenvalue weighted by atomic mass is 16.5. The van der Waals surface area contributed by atoms with Crippen LogP contribution in [0, 0.1) is 12.8 Å². The number of nitrogens with zero attached hydrogens (tertiary/aromatic N) is 3. The molecular weight excluding hydrogens is 342 g/mol. The first-order valence-corrected chi connectivity index (χ1v) is 10.1. The van der Waals surface area contributed by atoms with Gasteiger partial charge in [-0.2, -0.15) is 0 Å². The lowest BCUT2D eigenvalue weighted by Gasteiger charge is -2.30. The van der Waals surface area contributed by atoms with Gasteiger partial charge >= 0.3 is 5.97 Å². The first-order valence-electron chi connectivity index (χ1n) is 10.1. The van der Waals surface area contributed by atoms with Crippen molar-refractivity contribution < 1.29 is 14.6 Å². The third-order valence-electron chi connectivity index (χ3n) is 5.56. The fraction of sp³-hybridized carbons (Fsp3) is 0.667. The van der Waals surface area contributed by atoms with E-state index in [1.54, 1.807) is 0 Å². The summed E-state index contributed by atoms with van der Waals surface area (Å²) in [5.41, 5.74) is 2.94. The van der Waals surface area contributed by atoms with Gasteiger partial charge in [0.1, 0.15) is 6.17 Å². The summed E-state index contributed by atoms with van der Waals surface area (Å²) < 4.78 is 5.44. The highest BCUT2D eigenvalue weighted by Gasteiger charge is 2.29. The Labute approximate surface area is 161 Å². The molecular formula is C21H31N3O3. The van der Waals surface area contributed by atoms with Crippen LogP contribution < -0.4 is 4.74 Å². The average molecular weight is 373 g/mol. The number of aryl methyl sites for hydroxylation is 1. The number of aliphatic hydroxyl groups is 1. The number of pyridine rings is 1. The Kier molecular flexibility index (Phi) is 6.96. The van der Waals surface area contributed by atoms with E-state index < -0.39 is 0 Å². The number of esters is 1. The van der Waals surface area contributed by atoms with Crippen LogP contribution in [0.2, 0.25) is 0 Å². The summed E-state index contributed by atoms with van der Waals surface area (Å²) in [5, 5.41) is 9.38. The maximum Gasteiger partial charge on any atom is 0.316 e. The summed E-state index contributed by atoms with van der Waals surface area (Å²) in [6.45, 7) is 3.10. The Morgan fingerprint density at radius 1 is 1.37 bits per heavy atom. The Hall–Kier alpha value is -1.79. The van der Waals surface area contributed by atoms with Crippen molar-refractivity contribution in [2.45, 2.75) is 64.5 Å². The first kappa shape index (κ1) is 20.0. The van der Waals surface area contributed by atoms with Crippen LogP contribution in [0.1, 0.15) is 56.2 Å². The molecule has 1 aromatic rings. The normalized spacial score (nSPS) is 23.8. The second kappa shape index (κ2) is 9.42. The van der Waals surface area contributed by atoms with Gasteiger partial charge in [0.05, 0.1) is 5.92 Å². The molecule has 0 aliphatic carbocycles. The standard InChI is InChI=1S/C21H31N3O3/c1-15-9-10-16-14-17(21(26)27-20(16)22-15)6-5-7-18(11-13-25)23-19-8-3-4-12-24(19)2/h9-10,17,19,25H,3-8,11-14H2,1-2H3. The van der Waals surface area contributed by atoms with Gasteiger partial charge in [-0.1, -0.05) is 6.07 Å². The highest BCUT2D eigenvalue weighted by Crippen LogP contribution is 2.29. The third-order valence-corrected chi connectivity index (χ3v) is 5.56. The van der Waals surface area contributed by atoms with Gasteiger partial charge in [0.15, 0.2) is 0 Å². The van der Waals surface area contributed by atoms with Gasteiger partial charge in [-0.25, -0.2) is 4.98 Å². The van der Waals surface area contributed by atoms with Crippen LogP contribution in [0.5, 0.6) is 5.88 Å². The smallest absolute Gasteiger partial charge is 0.316 e. The quantitative estimate of drug-likeness (QED) is 0.587. The van der Waals surface area contributed by atoms with Crippen molar-refractivity contribution in [2.75, 3.05) is 20.2 Å². The number of hydrogen-bond acceptors (Lipinski definition) is 6. The fourth-order valence-electron chi connectivity index (χ4n) is 3.92. The monoisotopic (exact) mass is 373 g/mol. The van der Waals surface area contributed by atoms with E-state index in [-0.39, 0.29) is 24.7 Å². The molecule has 1 aromatic heterocycles. The van der Waals surface area contributed by atoms with Crippen LogP contribution >= 0.6 is 0 Å². The Morgan fingerprint density at radius 3 is 3.00 bits per heavy atom. The molecule has 6 heteroatoms. The van der Waals surface area contributed by atoms with E-state index in [0.29, 0.717) is 18.7 Å². The zero-order chi connectivity index (χ0) is 19.2. The summed E-state index contributed by atoms with van der Waals surface area (Å²) in [6, 6.07) is 3.97. The van der Waals surface area contributed by atoms with Crippen LogP contribution in [0.3, 0.4) is 0 Å². The number of fused-ring (bicyclic) bond motifs is 1. The molecule has 148 valence electrons. The van der Waals surface area contributed by atoms with E-state index >= 15 is 0 Å². The number of carbonyl (C=O) groups is 1. The number of aliphatic hydroxyl groups excluding tert-OH is 1. The molecule has 0 saturated carbocycles. The van der Waals surface area contributed by atoms with Gasteiger partial charge in [0, 0.05) is 30.0 Å². The number of hydrogen-bond donors (Lipinski definition) is 1. The molecule has 3 heterocycles. The Bertz CT molecular complexity index is 689. The second-order valence-electron chi connectivity index (χ2n) is 7.76. The van der Waals surface area contributed by atoms with Crippen molar-refractivity contribution in [3.05, 3.63) is 23.4 Å². The molecule has 27 heavy (non-hydrogen) atoms. The van der Waals surface area contributed by atoms with Gasteiger partial charge in [0.25, 0.3) is 0 Å². The predicted octanol–water partition coefficient (Wildman–Crippen LogP) is 2.90. The fourth-order valence-corrected chi connectivity index (χ4v) is 3.92. The lowest BCUT2D eigenvalue weighted by molar-refractivity contribution is -0.140. The number of rotatable bonds is 7. The molecule has 6 nitrogen and oxygen atoms in total. The van der Waals surface area contributed by atoms with Gasteiger partial charge in [-0.3, -0.25) is 14.7 Å². The highest BCUT2D eigenvalue weighted by molar-refractivity contribution is 5.84. The lowest BCUT2D eigenvalue weighted by atomic mass is 9.92. The lowest BCUT2D eigenvalue weighted by Crippen LogP contribution is -2.35. The maximum atomic E-state index is 12.3. The van der Waals surface area contributed by atoms with Crippen LogP contribution in [-0.2, 0) is 11.2 Å². The largest absolute Gasteiger partial charge is 0.407 e. The minimum Gasteiger partial charge on any atom is -0.407 e. The molecule has 1 fully saturated rings. The maximum absolute atomic E-state index is 12.3. The summed E-state index contributed by atoms with van der Waals surface area (Å²) in [7, 11) is 2.12. The molecule has 0 aromatic carbocycles. The van der Waals surface area contributed by atoms with Crippen molar-refractivity contribution in [3.63, 3.8) is 0 Å². The number of piperidine rings is 1. The molecule has 1 N–H and O–H groups in total.